The second-order valence-corrected chi connectivity index (χ2v) is 9.51. The molecule has 146 valence electrons. The van der Waals surface area contributed by atoms with E-state index in [0.29, 0.717) is 32.7 Å². The highest BCUT2D eigenvalue weighted by atomic mass is 32.2. The van der Waals surface area contributed by atoms with Crippen molar-refractivity contribution in [3.8, 4) is 0 Å². The first-order valence-electron chi connectivity index (χ1n) is 8.78. The number of halogens is 1. The van der Waals surface area contributed by atoms with E-state index in [1.54, 1.807) is 11.3 Å². The lowest BCUT2D eigenvalue weighted by Crippen LogP contribution is -3.15. The number of nitrogens with one attached hydrogen (secondary N) is 2. The highest BCUT2D eigenvalue weighted by Gasteiger charge is 2.31. The number of hydrogen-bond acceptors (Lipinski definition) is 4. The molecule has 0 aliphatic carbocycles. The Labute approximate surface area is 162 Å². The molecule has 1 aliphatic rings. The van der Waals surface area contributed by atoms with E-state index < -0.39 is 15.8 Å². The van der Waals surface area contributed by atoms with Crippen molar-refractivity contribution in [2.45, 2.75) is 17.9 Å². The van der Waals surface area contributed by atoms with Crippen LogP contribution in [0.25, 0.3) is 0 Å². The number of quaternary nitrogens is 1. The Morgan fingerprint density at radius 3 is 2.67 bits per heavy atom. The average Bonchev–Trinajstić information content (AvgIpc) is 3.17. The number of carbonyl (C=O) groups is 1. The minimum atomic E-state index is -3.70. The number of piperazine rings is 1. The van der Waals surface area contributed by atoms with Crippen molar-refractivity contribution in [3.63, 3.8) is 0 Å². The maximum Gasteiger partial charge on any atom is 0.275 e. The van der Waals surface area contributed by atoms with Crippen LogP contribution >= 0.6 is 11.3 Å². The monoisotopic (exact) mass is 412 g/mol. The van der Waals surface area contributed by atoms with Crippen LogP contribution in [0.15, 0.2) is 46.7 Å². The number of benzene rings is 1. The number of carbonyl (C=O) groups excluding carboxylic acids is 1. The molecule has 1 aliphatic heterocycles. The van der Waals surface area contributed by atoms with E-state index in [2.05, 4.69) is 5.32 Å². The van der Waals surface area contributed by atoms with Gasteiger partial charge in [0.2, 0.25) is 10.0 Å². The van der Waals surface area contributed by atoms with Gasteiger partial charge in [-0.2, -0.15) is 4.31 Å². The fourth-order valence-corrected chi connectivity index (χ4v) is 5.33. The van der Waals surface area contributed by atoms with E-state index in [4.69, 9.17) is 0 Å². The normalized spacial score (nSPS) is 17.6. The van der Waals surface area contributed by atoms with Crippen LogP contribution in [0, 0.1) is 5.82 Å². The number of thiophene rings is 1. The summed E-state index contributed by atoms with van der Waals surface area (Å²) >= 11 is 1.60. The van der Waals surface area contributed by atoms with Gasteiger partial charge in [0.15, 0.2) is 6.54 Å². The Morgan fingerprint density at radius 2 is 2.04 bits per heavy atom. The number of hydrogen-bond donors (Lipinski definition) is 2. The maximum absolute atomic E-state index is 13.3. The van der Waals surface area contributed by atoms with E-state index in [9.17, 15) is 17.6 Å². The zero-order valence-electron chi connectivity index (χ0n) is 15.0. The largest absolute Gasteiger partial charge is 0.344 e. The van der Waals surface area contributed by atoms with Gasteiger partial charge in [-0.15, -0.1) is 11.3 Å². The zero-order chi connectivity index (χ0) is 19.4. The molecule has 6 nitrogen and oxygen atoms in total. The molecule has 1 saturated heterocycles. The van der Waals surface area contributed by atoms with Gasteiger partial charge in [-0.1, -0.05) is 12.1 Å². The molecule has 27 heavy (non-hydrogen) atoms. The van der Waals surface area contributed by atoms with Gasteiger partial charge < -0.3 is 10.2 Å². The van der Waals surface area contributed by atoms with Gasteiger partial charge in [-0.05, 0) is 36.6 Å². The molecule has 0 radical (unpaired) electrons. The Hall–Kier alpha value is -1.81. The maximum atomic E-state index is 13.3. The SMILES string of the molecule is C[C@@H](NC(=O)C[NH+]1CCN(S(=O)(=O)c2cccc(F)c2)CC1)c1cccs1. The van der Waals surface area contributed by atoms with Gasteiger partial charge in [-0.25, -0.2) is 12.8 Å². The number of nitrogens with zero attached hydrogens (tertiary/aromatic N) is 1. The van der Waals surface area contributed by atoms with Crippen molar-refractivity contribution in [1.82, 2.24) is 9.62 Å². The third-order valence-electron chi connectivity index (χ3n) is 4.62. The summed E-state index contributed by atoms with van der Waals surface area (Å²) in [7, 11) is -3.70. The predicted octanol–water partition coefficient (Wildman–Crippen LogP) is 0.654. The molecule has 1 aromatic carbocycles. The van der Waals surface area contributed by atoms with Crippen molar-refractivity contribution in [2.24, 2.45) is 0 Å². The minimum Gasteiger partial charge on any atom is -0.344 e. The van der Waals surface area contributed by atoms with Crippen LogP contribution in [0.3, 0.4) is 0 Å². The lowest BCUT2D eigenvalue weighted by atomic mass is 10.2. The standard InChI is InChI=1S/C18H22FN3O3S2/c1-14(17-6-3-11-26-17)20-18(23)13-21-7-9-22(10-8-21)27(24,25)16-5-2-4-15(19)12-16/h2-6,11-12,14H,7-10,13H2,1H3,(H,20,23)/p+1/t14-/m1/s1. The van der Waals surface area contributed by atoms with Crippen molar-refractivity contribution in [2.75, 3.05) is 32.7 Å². The highest BCUT2D eigenvalue weighted by Crippen LogP contribution is 2.18. The van der Waals surface area contributed by atoms with E-state index in [1.807, 2.05) is 24.4 Å². The van der Waals surface area contributed by atoms with E-state index in [-0.39, 0.29) is 16.8 Å². The van der Waals surface area contributed by atoms with Crippen LogP contribution in [0.5, 0.6) is 0 Å². The summed E-state index contributed by atoms with van der Waals surface area (Å²) in [6.45, 7) is 3.95. The molecule has 2 aromatic rings. The molecule has 2 heterocycles. The Bertz CT molecular complexity index is 879. The second kappa shape index (κ2) is 8.47. The fraction of sp³-hybridized carbons (Fsp3) is 0.389. The van der Waals surface area contributed by atoms with Gasteiger partial charge >= 0.3 is 0 Å². The molecule has 3 rings (SSSR count). The van der Waals surface area contributed by atoms with Crippen LogP contribution in [0.1, 0.15) is 17.8 Å². The molecule has 0 spiro atoms. The van der Waals surface area contributed by atoms with E-state index in [0.717, 1.165) is 15.8 Å². The summed E-state index contributed by atoms with van der Waals surface area (Å²) in [5, 5.41) is 4.95. The average molecular weight is 413 g/mol. The summed E-state index contributed by atoms with van der Waals surface area (Å²) in [4.78, 5) is 14.4. The van der Waals surface area contributed by atoms with Crippen LogP contribution in [-0.2, 0) is 14.8 Å². The van der Waals surface area contributed by atoms with Gasteiger partial charge in [0.25, 0.3) is 5.91 Å². The molecule has 1 amide bonds. The first-order chi connectivity index (χ1) is 12.9. The Balaban J connectivity index is 1.52. The van der Waals surface area contributed by atoms with Crippen LogP contribution in [0.2, 0.25) is 0 Å². The molecule has 2 N–H and O–H groups in total. The smallest absolute Gasteiger partial charge is 0.275 e. The third kappa shape index (κ3) is 4.92. The molecular formula is C18H23FN3O3S2+. The van der Waals surface area contributed by atoms with Crippen molar-refractivity contribution >= 4 is 27.3 Å². The lowest BCUT2D eigenvalue weighted by molar-refractivity contribution is -0.895. The van der Waals surface area contributed by atoms with Gasteiger partial charge in [0.1, 0.15) is 5.82 Å². The molecule has 9 heteroatoms. The molecule has 1 aromatic heterocycles. The molecule has 0 saturated carbocycles. The second-order valence-electron chi connectivity index (χ2n) is 6.59. The van der Waals surface area contributed by atoms with Gasteiger partial charge in [0, 0.05) is 4.88 Å². The summed E-state index contributed by atoms with van der Waals surface area (Å²) in [5.41, 5.74) is 0. The molecular weight excluding hydrogens is 389 g/mol. The number of amides is 1. The Kier molecular flexibility index (Phi) is 6.25. The van der Waals surface area contributed by atoms with Crippen LogP contribution in [0.4, 0.5) is 4.39 Å². The van der Waals surface area contributed by atoms with Gasteiger partial charge in [-0.3, -0.25) is 4.79 Å². The summed E-state index contributed by atoms with van der Waals surface area (Å²) < 4.78 is 39.9. The minimum absolute atomic E-state index is 0.0338. The predicted molar refractivity (Wildman–Crippen MR) is 102 cm³/mol. The van der Waals surface area contributed by atoms with Crippen LogP contribution < -0.4 is 10.2 Å². The van der Waals surface area contributed by atoms with Crippen molar-refractivity contribution in [1.29, 1.82) is 0 Å². The molecule has 1 atom stereocenters. The third-order valence-corrected chi connectivity index (χ3v) is 7.57. The topological polar surface area (TPSA) is 70.9 Å². The lowest BCUT2D eigenvalue weighted by Gasteiger charge is -2.31. The number of sulfonamides is 1. The van der Waals surface area contributed by atoms with E-state index in [1.165, 1.54) is 22.5 Å². The molecule has 0 bridgehead atoms. The Morgan fingerprint density at radius 1 is 1.30 bits per heavy atom. The van der Waals surface area contributed by atoms with E-state index >= 15 is 0 Å². The number of rotatable bonds is 6. The summed E-state index contributed by atoms with van der Waals surface area (Å²) in [6, 6.07) is 8.95. The van der Waals surface area contributed by atoms with Crippen molar-refractivity contribution in [3.05, 3.63) is 52.5 Å². The van der Waals surface area contributed by atoms with Crippen LogP contribution in [-0.4, -0.2) is 51.4 Å². The summed E-state index contributed by atoms with van der Waals surface area (Å²) in [6.07, 6.45) is 0. The quantitative estimate of drug-likeness (QED) is 0.732. The van der Waals surface area contributed by atoms with Crippen molar-refractivity contribution < 1.29 is 22.5 Å². The highest BCUT2D eigenvalue weighted by molar-refractivity contribution is 7.89. The fourth-order valence-electron chi connectivity index (χ4n) is 3.12. The summed E-state index contributed by atoms with van der Waals surface area (Å²) in [5.74, 6) is -0.621. The first-order valence-corrected chi connectivity index (χ1v) is 11.1. The first kappa shape index (κ1) is 19.9. The zero-order valence-corrected chi connectivity index (χ0v) is 16.7. The van der Waals surface area contributed by atoms with Gasteiger partial charge in [0.05, 0.1) is 37.1 Å². The molecule has 0 unspecified atom stereocenters. The molecule has 1 fully saturated rings.